The summed E-state index contributed by atoms with van der Waals surface area (Å²) in [6, 6.07) is 17.2. The first-order chi connectivity index (χ1) is 16.3. The van der Waals surface area contributed by atoms with Crippen LogP contribution in [-0.4, -0.2) is 41.3 Å². The van der Waals surface area contributed by atoms with E-state index in [9.17, 15) is 19.2 Å². The van der Waals surface area contributed by atoms with E-state index in [2.05, 4.69) is 5.10 Å². The first kappa shape index (κ1) is 23.2. The molecule has 10 heteroatoms. The highest BCUT2D eigenvalue weighted by Gasteiger charge is 2.37. The van der Waals surface area contributed by atoms with Gasteiger partial charge in [-0.3, -0.25) is 29.0 Å². The number of amides is 3. The molecule has 0 radical (unpaired) electrons. The number of rotatable bonds is 6. The van der Waals surface area contributed by atoms with Crippen molar-refractivity contribution in [3.05, 3.63) is 99.0 Å². The fourth-order valence-corrected chi connectivity index (χ4v) is 4.13. The lowest BCUT2D eigenvalue weighted by Gasteiger charge is -2.23. The largest absolute Gasteiger partial charge is 0.322 e. The summed E-state index contributed by atoms with van der Waals surface area (Å²) in [7, 11) is 0. The summed E-state index contributed by atoms with van der Waals surface area (Å²) in [5.41, 5.74) is 0.643. The number of anilines is 1. The van der Waals surface area contributed by atoms with Crippen LogP contribution in [0.4, 0.5) is 5.69 Å². The van der Waals surface area contributed by atoms with Gasteiger partial charge in [0.2, 0.25) is 0 Å². The minimum atomic E-state index is -0.759. The molecule has 0 bridgehead atoms. The summed E-state index contributed by atoms with van der Waals surface area (Å²) in [4.78, 5) is 53.8. The molecular formula is C24H16Cl2N4O4. The van der Waals surface area contributed by atoms with Gasteiger partial charge < -0.3 is 5.84 Å². The second-order valence-corrected chi connectivity index (χ2v) is 8.03. The molecular weight excluding hydrogens is 479 g/mol. The molecule has 1 heterocycles. The van der Waals surface area contributed by atoms with Crippen LogP contribution in [0, 0.1) is 0 Å². The molecule has 34 heavy (non-hydrogen) atoms. The molecule has 0 aromatic heterocycles. The van der Waals surface area contributed by atoms with Gasteiger partial charge in [0.15, 0.2) is 5.78 Å². The maximum atomic E-state index is 13.3. The number of imide groups is 1. The van der Waals surface area contributed by atoms with Gasteiger partial charge in [0.05, 0.1) is 26.9 Å². The van der Waals surface area contributed by atoms with Crippen LogP contribution in [0.2, 0.25) is 10.0 Å². The second-order valence-electron chi connectivity index (χ2n) is 7.22. The van der Waals surface area contributed by atoms with Crippen LogP contribution in [0.25, 0.3) is 0 Å². The molecule has 3 aromatic rings. The van der Waals surface area contributed by atoms with Crippen molar-refractivity contribution in [2.24, 2.45) is 10.9 Å². The van der Waals surface area contributed by atoms with E-state index >= 15 is 0 Å². The lowest BCUT2D eigenvalue weighted by Crippen LogP contribution is -2.43. The smallest absolute Gasteiger partial charge is 0.262 e. The van der Waals surface area contributed by atoms with Crippen LogP contribution in [0.15, 0.2) is 71.8 Å². The zero-order chi connectivity index (χ0) is 24.4. The quantitative estimate of drug-likeness (QED) is 0.140. The molecule has 4 rings (SSSR count). The molecule has 0 aliphatic carbocycles. The maximum Gasteiger partial charge on any atom is 0.262 e. The number of hydrogen-bond donors (Lipinski definition) is 1. The topological polar surface area (TPSA) is 113 Å². The number of carbonyl (C=O) groups is 4. The maximum absolute atomic E-state index is 13.3. The third-order valence-corrected chi connectivity index (χ3v) is 5.85. The zero-order valence-corrected chi connectivity index (χ0v) is 19.0. The number of carbonyl (C=O) groups excluding carboxylic acids is 4. The molecule has 0 spiro atoms. The fraction of sp³-hybridized carbons (Fsp3) is 0.0417. The predicted molar refractivity (Wildman–Crippen MR) is 128 cm³/mol. The summed E-state index contributed by atoms with van der Waals surface area (Å²) < 4.78 is 0. The van der Waals surface area contributed by atoms with Crippen molar-refractivity contribution in [2.45, 2.75) is 0 Å². The van der Waals surface area contributed by atoms with Crippen molar-refractivity contribution < 1.29 is 19.2 Å². The second kappa shape index (κ2) is 9.46. The number of halogens is 2. The molecule has 3 amide bonds. The van der Waals surface area contributed by atoms with Gasteiger partial charge in [-0.15, -0.1) is 0 Å². The van der Waals surface area contributed by atoms with Crippen molar-refractivity contribution in [1.29, 1.82) is 0 Å². The SMILES string of the molecule is NN=CN(C(=O)CN1C(=O)c2ccccc2C1=O)c1c(Cl)cccc1C(=O)c1ccccc1Cl. The number of fused-ring (bicyclic) bond motifs is 1. The number of hydrogen-bond acceptors (Lipinski definition) is 6. The van der Waals surface area contributed by atoms with E-state index in [1.807, 2.05) is 0 Å². The predicted octanol–water partition coefficient (Wildman–Crippen LogP) is 3.76. The summed E-state index contributed by atoms with van der Waals surface area (Å²) in [5, 5.41) is 3.68. The molecule has 0 unspecified atom stereocenters. The Morgan fingerprint density at radius 1 is 0.853 bits per heavy atom. The number of hydrazone groups is 1. The molecule has 8 nitrogen and oxygen atoms in total. The Morgan fingerprint density at radius 2 is 1.41 bits per heavy atom. The highest BCUT2D eigenvalue weighted by Crippen LogP contribution is 2.33. The van der Waals surface area contributed by atoms with E-state index < -0.39 is 30.0 Å². The molecule has 1 aliphatic heterocycles. The van der Waals surface area contributed by atoms with Gasteiger partial charge in [-0.05, 0) is 36.4 Å². The Kier molecular flexibility index (Phi) is 6.45. The van der Waals surface area contributed by atoms with Crippen molar-refractivity contribution in [1.82, 2.24) is 4.90 Å². The van der Waals surface area contributed by atoms with Crippen LogP contribution in [0.1, 0.15) is 36.6 Å². The van der Waals surface area contributed by atoms with Crippen LogP contribution >= 0.6 is 23.2 Å². The van der Waals surface area contributed by atoms with Crippen molar-refractivity contribution >= 4 is 58.7 Å². The lowest BCUT2D eigenvalue weighted by atomic mass is 10.0. The normalized spacial score (nSPS) is 12.8. The van der Waals surface area contributed by atoms with Gasteiger partial charge in [0.1, 0.15) is 12.9 Å². The Hall–Kier alpha value is -4.01. The molecule has 0 fully saturated rings. The van der Waals surface area contributed by atoms with Gasteiger partial charge in [0, 0.05) is 11.1 Å². The zero-order valence-electron chi connectivity index (χ0n) is 17.4. The van der Waals surface area contributed by atoms with Gasteiger partial charge in [-0.2, -0.15) is 5.10 Å². The Labute approximate surface area is 204 Å². The summed E-state index contributed by atoms with van der Waals surface area (Å²) in [5.74, 6) is 2.86. The van der Waals surface area contributed by atoms with Crippen LogP contribution in [-0.2, 0) is 4.79 Å². The van der Waals surface area contributed by atoms with E-state index in [-0.39, 0.29) is 38.0 Å². The van der Waals surface area contributed by atoms with Gasteiger partial charge >= 0.3 is 0 Å². The van der Waals surface area contributed by atoms with E-state index in [1.165, 1.54) is 30.3 Å². The molecule has 0 atom stereocenters. The number of ketones is 1. The highest BCUT2D eigenvalue weighted by molar-refractivity contribution is 6.38. The van der Waals surface area contributed by atoms with E-state index in [4.69, 9.17) is 29.0 Å². The van der Waals surface area contributed by atoms with Crippen molar-refractivity contribution in [3.8, 4) is 0 Å². The number of para-hydroxylation sites is 1. The third kappa shape index (κ3) is 4.05. The first-order valence-corrected chi connectivity index (χ1v) is 10.7. The molecule has 3 aromatic carbocycles. The first-order valence-electron chi connectivity index (χ1n) is 9.93. The Bertz CT molecular complexity index is 1340. The minimum Gasteiger partial charge on any atom is -0.322 e. The van der Waals surface area contributed by atoms with Crippen LogP contribution in [0.3, 0.4) is 0 Å². The average Bonchev–Trinajstić information content (AvgIpc) is 3.07. The number of benzene rings is 3. The monoisotopic (exact) mass is 494 g/mol. The van der Waals surface area contributed by atoms with Crippen molar-refractivity contribution in [2.75, 3.05) is 11.4 Å². The molecule has 2 N–H and O–H groups in total. The number of nitrogens with zero attached hydrogens (tertiary/aromatic N) is 3. The van der Waals surface area contributed by atoms with Crippen LogP contribution < -0.4 is 10.7 Å². The van der Waals surface area contributed by atoms with Gasteiger partial charge in [-0.25, -0.2) is 0 Å². The fourth-order valence-electron chi connectivity index (χ4n) is 3.64. The standard InChI is InChI=1S/C24H16Cl2N4O4/c25-18-10-4-3-8-16(18)22(32)17-9-5-11-19(26)21(17)30(13-28-27)20(31)12-29-23(33)14-6-1-2-7-15(14)24(29)34/h1-11,13H,12,27H2. The Morgan fingerprint density at radius 3 is 2.03 bits per heavy atom. The number of nitrogens with two attached hydrogens (primary N) is 1. The van der Waals surface area contributed by atoms with E-state index in [0.29, 0.717) is 0 Å². The van der Waals surface area contributed by atoms with Crippen LogP contribution in [0.5, 0.6) is 0 Å². The van der Waals surface area contributed by atoms with Gasteiger partial charge in [0.25, 0.3) is 17.7 Å². The highest BCUT2D eigenvalue weighted by atomic mass is 35.5. The lowest BCUT2D eigenvalue weighted by molar-refractivity contribution is -0.118. The molecule has 1 aliphatic rings. The van der Waals surface area contributed by atoms with Crippen molar-refractivity contribution in [3.63, 3.8) is 0 Å². The summed E-state index contributed by atoms with van der Waals surface area (Å²) in [6.45, 7) is -0.622. The minimum absolute atomic E-state index is 0.00936. The molecule has 170 valence electrons. The summed E-state index contributed by atoms with van der Waals surface area (Å²) in [6.07, 6.45) is 0.963. The molecule has 0 saturated carbocycles. The summed E-state index contributed by atoms with van der Waals surface area (Å²) >= 11 is 12.6. The third-order valence-electron chi connectivity index (χ3n) is 5.21. The van der Waals surface area contributed by atoms with Gasteiger partial charge in [-0.1, -0.05) is 53.5 Å². The average molecular weight is 495 g/mol. The Balaban J connectivity index is 1.72. The molecule has 0 saturated heterocycles. The van der Waals surface area contributed by atoms with E-state index in [1.54, 1.807) is 36.4 Å². The van der Waals surface area contributed by atoms with E-state index in [0.717, 1.165) is 16.1 Å².